The standard InChI is InChI=1S/C16H22FN5/c1-13-3-4-15(17)16(11-13)22-12-14(18-19-22)5-6-21-9-7-20(2)8-10-21/h3-4,11-12H,5-10H2,1-2H3. The largest absolute Gasteiger partial charge is 0.304 e. The monoisotopic (exact) mass is 303 g/mol. The van der Waals surface area contributed by atoms with E-state index in [1.807, 2.05) is 13.1 Å². The zero-order valence-corrected chi connectivity index (χ0v) is 13.2. The minimum absolute atomic E-state index is 0.277. The van der Waals surface area contributed by atoms with Gasteiger partial charge in [0.05, 0.1) is 11.9 Å². The molecule has 0 radical (unpaired) electrons. The van der Waals surface area contributed by atoms with Gasteiger partial charge in [-0.25, -0.2) is 9.07 Å². The van der Waals surface area contributed by atoms with Crippen LogP contribution in [0.4, 0.5) is 4.39 Å². The summed E-state index contributed by atoms with van der Waals surface area (Å²) in [5.41, 5.74) is 2.36. The molecular formula is C16H22FN5. The molecule has 118 valence electrons. The quantitative estimate of drug-likeness (QED) is 0.858. The summed E-state index contributed by atoms with van der Waals surface area (Å²) >= 11 is 0. The normalized spacial score (nSPS) is 17.0. The first-order valence-electron chi connectivity index (χ1n) is 7.70. The van der Waals surface area contributed by atoms with Crippen molar-refractivity contribution in [1.29, 1.82) is 0 Å². The molecule has 0 spiro atoms. The molecule has 6 heteroatoms. The number of rotatable bonds is 4. The molecule has 1 aromatic heterocycles. The van der Waals surface area contributed by atoms with E-state index in [2.05, 4.69) is 27.2 Å². The summed E-state index contributed by atoms with van der Waals surface area (Å²) in [6.07, 6.45) is 2.67. The predicted octanol–water partition coefficient (Wildman–Crippen LogP) is 1.50. The van der Waals surface area contributed by atoms with E-state index < -0.39 is 0 Å². The number of aryl methyl sites for hydroxylation is 1. The third-order valence-electron chi connectivity index (χ3n) is 4.17. The molecule has 0 amide bonds. The van der Waals surface area contributed by atoms with Crippen LogP contribution in [0, 0.1) is 12.7 Å². The Labute approximate surface area is 130 Å². The van der Waals surface area contributed by atoms with Crippen LogP contribution in [-0.2, 0) is 6.42 Å². The van der Waals surface area contributed by atoms with Gasteiger partial charge in [-0.2, -0.15) is 0 Å². The SMILES string of the molecule is Cc1ccc(F)c(-n2cc(CCN3CCN(C)CC3)nn2)c1. The van der Waals surface area contributed by atoms with Gasteiger partial charge in [0, 0.05) is 39.1 Å². The number of benzene rings is 1. The molecule has 5 nitrogen and oxygen atoms in total. The van der Waals surface area contributed by atoms with E-state index in [-0.39, 0.29) is 5.82 Å². The maximum absolute atomic E-state index is 13.9. The highest BCUT2D eigenvalue weighted by Gasteiger charge is 2.14. The molecule has 1 fully saturated rings. The molecule has 2 aromatic rings. The smallest absolute Gasteiger partial charge is 0.148 e. The number of likely N-dealkylation sites (N-methyl/N-ethyl adjacent to an activating group) is 1. The van der Waals surface area contributed by atoms with Crippen molar-refractivity contribution < 1.29 is 4.39 Å². The van der Waals surface area contributed by atoms with E-state index in [1.54, 1.807) is 12.1 Å². The van der Waals surface area contributed by atoms with Gasteiger partial charge in [-0.1, -0.05) is 11.3 Å². The third-order valence-corrected chi connectivity index (χ3v) is 4.17. The fourth-order valence-corrected chi connectivity index (χ4v) is 2.67. The average molecular weight is 303 g/mol. The molecule has 0 unspecified atom stereocenters. The van der Waals surface area contributed by atoms with Gasteiger partial charge >= 0.3 is 0 Å². The van der Waals surface area contributed by atoms with Crippen molar-refractivity contribution in [2.45, 2.75) is 13.3 Å². The fourth-order valence-electron chi connectivity index (χ4n) is 2.67. The van der Waals surface area contributed by atoms with Crippen LogP contribution in [0.5, 0.6) is 0 Å². The fraction of sp³-hybridized carbons (Fsp3) is 0.500. The Balaban J connectivity index is 1.63. The molecule has 1 aliphatic rings. The molecule has 1 saturated heterocycles. The predicted molar refractivity (Wildman–Crippen MR) is 83.7 cm³/mol. The van der Waals surface area contributed by atoms with Crippen molar-refractivity contribution in [3.63, 3.8) is 0 Å². The minimum atomic E-state index is -0.277. The lowest BCUT2D eigenvalue weighted by Gasteiger charge is -2.32. The van der Waals surface area contributed by atoms with Gasteiger partial charge < -0.3 is 9.80 Å². The molecule has 0 N–H and O–H groups in total. The molecule has 0 bridgehead atoms. The molecule has 22 heavy (non-hydrogen) atoms. The van der Waals surface area contributed by atoms with E-state index in [1.165, 1.54) is 10.7 Å². The summed E-state index contributed by atoms with van der Waals surface area (Å²) in [6.45, 7) is 7.33. The Morgan fingerprint density at radius 1 is 1.18 bits per heavy atom. The van der Waals surface area contributed by atoms with Gasteiger partial charge in [0.25, 0.3) is 0 Å². The number of nitrogens with zero attached hydrogens (tertiary/aromatic N) is 5. The Kier molecular flexibility index (Phi) is 4.49. The molecule has 1 aliphatic heterocycles. The second-order valence-electron chi connectivity index (χ2n) is 6.00. The Bertz CT molecular complexity index is 631. The summed E-state index contributed by atoms with van der Waals surface area (Å²) in [4.78, 5) is 4.78. The van der Waals surface area contributed by atoms with Crippen molar-refractivity contribution in [3.8, 4) is 5.69 Å². The molecule has 0 aliphatic carbocycles. The second-order valence-corrected chi connectivity index (χ2v) is 6.00. The zero-order chi connectivity index (χ0) is 15.5. The summed E-state index contributed by atoms with van der Waals surface area (Å²) in [6, 6.07) is 5.01. The minimum Gasteiger partial charge on any atom is -0.304 e. The highest BCUT2D eigenvalue weighted by Crippen LogP contribution is 2.14. The van der Waals surface area contributed by atoms with Crippen LogP contribution < -0.4 is 0 Å². The first kappa shape index (κ1) is 15.1. The van der Waals surface area contributed by atoms with Crippen LogP contribution in [0.15, 0.2) is 24.4 Å². The molecule has 1 aromatic carbocycles. The first-order valence-corrected chi connectivity index (χ1v) is 7.70. The maximum Gasteiger partial charge on any atom is 0.148 e. The lowest BCUT2D eigenvalue weighted by molar-refractivity contribution is 0.155. The highest BCUT2D eigenvalue weighted by atomic mass is 19.1. The lowest BCUT2D eigenvalue weighted by atomic mass is 10.2. The van der Waals surface area contributed by atoms with Gasteiger partial charge in [-0.15, -0.1) is 5.10 Å². The number of hydrogen-bond acceptors (Lipinski definition) is 4. The van der Waals surface area contributed by atoms with Crippen LogP contribution in [0.25, 0.3) is 5.69 Å². The van der Waals surface area contributed by atoms with Crippen molar-refractivity contribution >= 4 is 0 Å². The topological polar surface area (TPSA) is 37.2 Å². The van der Waals surface area contributed by atoms with Gasteiger partial charge in [-0.3, -0.25) is 0 Å². The van der Waals surface area contributed by atoms with Gasteiger partial charge in [0.2, 0.25) is 0 Å². The van der Waals surface area contributed by atoms with Crippen molar-refractivity contribution in [1.82, 2.24) is 24.8 Å². The van der Waals surface area contributed by atoms with Gasteiger partial charge in [0.1, 0.15) is 11.5 Å². The van der Waals surface area contributed by atoms with Crippen LogP contribution in [0.1, 0.15) is 11.3 Å². The molecular weight excluding hydrogens is 281 g/mol. The first-order chi connectivity index (χ1) is 10.6. The van der Waals surface area contributed by atoms with Crippen LogP contribution >= 0.6 is 0 Å². The van der Waals surface area contributed by atoms with E-state index in [0.29, 0.717) is 5.69 Å². The van der Waals surface area contributed by atoms with Gasteiger partial charge in [0.15, 0.2) is 0 Å². The maximum atomic E-state index is 13.9. The Morgan fingerprint density at radius 2 is 1.95 bits per heavy atom. The molecule has 2 heterocycles. The summed E-state index contributed by atoms with van der Waals surface area (Å²) < 4.78 is 15.4. The summed E-state index contributed by atoms with van der Waals surface area (Å²) in [5.74, 6) is -0.277. The number of aromatic nitrogens is 3. The van der Waals surface area contributed by atoms with Crippen LogP contribution in [0.2, 0.25) is 0 Å². The number of piperazine rings is 1. The summed E-state index contributed by atoms with van der Waals surface area (Å²) in [7, 11) is 2.15. The van der Waals surface area contributed by atoms with E-state index in [9.17, 15) is 4.39 Å². The van der Waals surface area contributed by atoms with Crippen molar-refractivity contribution in [2.24, 2.45) is 0 Å². The third kappa shape index (κ3) is 3.51. The lowest BCUT2D eigenvalue weighted by Crippen LogP contribution is -2.45. The Morgan fingerprint density at radius 3 is 2.73 bits per heavy atom. The highest BCUT2D eigenvalue weighted by molar-refractivity contribution is 5.36. The molecule has 3 rings (SSSR count). The van der Waals surface area contributed by atoms with Crippen molar-refractivity contribution in [3.05, 3.63) is 41.5 Å². The van der Waals surface area contributed by atoms with Crippen LogP contribution in [-0.4, -0.2) is 64.6 Å². The van der Waals surface area contributed by atoms with Gasteiger partial charge in [-0.05, 0) is 31.7 Å². The number of hydrogen-bond donors (Lipinski definition) is 0. The summed E-state index contributed by atoms with van der Waals surface area (Å²) in [5, 5.41) is 8.24. The zero-order valence-electron chi connectivity index (χ0n) is 13.2. The van der Waals surface area contributed by atoms with E-state index in [0.717, 1.165) is 50.4 Å². The number of halogens is 1. The Hall–Kier alpha value is -1.79. The average Bonchev–Trinajstić information content (AvgIpc) is 2.98. The second kappa shape index (κ2) is 6.54. The van der Waals surface area contributed by atoms with E-state index in [4.69, 9.17) is 0 Å². The van der Waals surface area contributed by atoms with Crippen molar-refractivity contribution in [2.75, 3.05) is 39.8 Å². The molecule has 0 saturated carbocycles. The van der Waals surface area contributed by atoms with E-state index >= 15 is 0 Å². The van der Waals surface area contributed by atoms with Crippen LogP contribution in [0.3, 0.4) is 0 Å². The molecule has 0 atom stereocenters.